The summed E-state index contributed by atoms with van der Waals surface area (Å²) in [6.07, 6.45) is 6.60. The van der Waals surface area contributed by atoms with Crippen molar-refractivity contribution in [3.8, 4) is 5.69 Å². The van der Waals surface area contributed by atoms with E-state index in [-0.39, 0.29) is 5.97 Å². The fraction of sp³-hybridized carbons (Fsp3) is 0.316. The standard InChI is InChI=1S/C19H21N3O2/c1-3-5-7-15-13-22(21-18(15)19(23)24-4-2)16-9-10-17-14(12-16)8-6-11-20-17/h6,8-13H,3-5,7H2,1-2H3. The largest absolute Gasteiger partial charge is 0.461 e. The molecule has 0 fully saturated rings. The number of fused-ring (bicyclic) bond motifs is 1. The van der Waals surface area contributed by atoms with E-state index in [2.05, 4.69) is 17.0 Å². The van der Waals surface area contributed by atoms with Crippen LogP contribution >= 0.6 is 0 Å². The summed E-state index contributed by atoms with van der Waals surface area (Å²) in [5.74, 6) is -0.357. The fourth-order valence-electron chi connectivity index (χ4n) is 2.67. The second kappa shape index (κ2) is 7.25. The summed E-state index contributed by atoms with van der Waals surface area (Å²) < 4.78 is 6.90. The first kappa shape index (κ1) is 16.2. The van der Waals surface area contributed by atoms with Gasteiger partial charge in [0, 0.05) is 23.3 Å². The summed E-state index contributed by atoms with van der Waals surface area (Å²) in [7, 11) is 0. The maximum Gasteiger partial charge on any atom is 0.359 e. The molecule has 0 spiro atoms. The highest BCUT2D eigenvalue weighted by atomic mass is 16.5. The quantitative estimate of drug-likeness (QED) is 0.645. The van der Waals surface area contributed by atoms with E-state index in [4.69, 9.17) is 4.74 Å². The van der Waals surface area contributed by atoms with Crippen LogP contribution < -0.4 is 0 Å². The van der Waals surface area contributed by atoms with Crippen molar-refractivity contribution in [3.63, 3.8) is 0 Å². The molecule has 5 heteroatoms. The molecule has 2 heterocycles. The topological polar surface area (TPSA) is 57.0 Å². The molecule has 0 aliphatic rings. The summed E-state index contributed by atoms with van der Waals surface area (Å²) in [4.78, 5) is 16.5. The van der Waals surface area contributed by atoms with Gasteiger partial charge >= 0.3 is 5.97 Å². The second-order valence-electron chi connectivity index (χ2n) is 5.65. The molecule has 0 saturated carbocycles. The van der Waals surface area contributed by atoms with Crippen molar-refractivity contribution >= 4 is 16.9 Å². The zero-order valence-electron chi connectivity index (χ0n) is 14.0. The Kier molecular flexibility index (Phi) is 4.89. The van der Waals surface area contributed by atoms with Crippen molar-refractivity contribution in [2.24, 2.45) is 0 Å². The van der Waals surface area contributed by atoms with Crippen molar-refractivity contribution in [2.75, 3.05) is 6.61 Å². The smallest absolute Gasteiger partial charge is 0.359 e. The SMILES string of the molecule is CCCCc1cn(-c2ccc3ncccc3c2)nc1C(=O)OCC. The van der Waals surface area contributed by atoms with Gasteiger partial charge in [-0.1, -0.05) is 19.4 Å². The average Bonchev–Trinajstić information content (AvgIpc) is 3.04. The molecule has 124 valence electrons. The molecule has 0 atom stereocenters. The van der Waals surface area contributed by atoms with Gasteiger partial charge in [0.15, 0.2) is 5.69 Å². The number of rotatable bonds is 6. The normalized spacial score (nSPS) is 10.9. The molecule has 0 unspecified atom stereocenters. The van der Waals surface area contributed by atoms with Gasteiger partial charge in [-0.3, -0.25) is 4.98 Å². The van der Waals surface area contributed by atoms with E-state index < -0.39 is 0 Å². The first-order chi connectivity index (χ1) is 11.7. The van der Waals surface area contributed by atoms with Gasteiger partial charge in [-0.15, -0.1) is 0 Å². The van der Waals surface area contributed by atoms with Crippen LogP contribution in [0, 0.1) is 0 Å². The van der Waals surface area contributed by atoms with E-state index in [9.17, 15) is 4.79 Å². The number of hydrogen-bond acceptors (Lipinski definition) is 4. The Morgan fingerprint density at radius 2 is 2.12 bits per heavy atom. The molecule has 3 rings (SSSR count). The number of unbranched alkanes of at least 4 members (excludes halogenated alkanes) is 1. The molecule has 0 aliphatic heterocycles. The molecule has 5 nitrogen and oxygen atoms in total. The Labute approximate surface area is 141 Å². The second-order valence-corrected chi connectivity index (χ2v) is 5.65. The zero-order chi connectivity index (χ0) is 16.9. The van der Waals surface area contributed by atoms with Gasteiger partial charge in [0.1, 0.15) is 0 Å². The van der Waals surface area contributed by atoms with Crippen LogP contribution in [-0.2, 0) is 11.2 Å². The molecule has 0 N–H and O–H groups in total. The molecule has 1 aromatic carbocycles. The number of aromatic nitrogens is 3. The van der Waals surface area contributed by atoms with Crippen LogP contribution in [0.25, 0.3) is 16.6 Å². The Balaban J connectivity index is 2.00. The molecule has 0 bridgehead atoms. The molecule has 0 amide bonds. The fourth-order valence-corrected chi connectivity index (χ4v) is 2.67. The summed E-state index contributed by atoms with van der Waals surface area (Å²) in [6, 6.07) is 9.86. The van der Waals surface area contributed by atoms with Crippen LogP contribution in [0.2, 0.25) is 0 Å². The number of pyridine rings is 1. The Hall–Kier alpha value is -2.69. The Morgan fingerprint density at radius 3 is 2.92 bits per heavy atom. The van der Waals surface area contributed by atoms with Gasteiger partial charge in [0.2, 0.25) is 0 Å². The number of esters is 1. The lowest BCUT2D eigenvalue weighted by atomic mass is 10.1. The molecular weight excluding hydrogens is 302 g/mol. The van der Waals surface area contributed by atoms with Gasteiger partial charge in [-0.25, -0.2) is 9.48 Å². The van der Waals surface area contributed by atoms with Crippen LogP contribution in [0.1, 0.15) is 42.7 Å². The van der Waals surface area contributed by atoms with Gasteiger partial charge in [0.25, 0.3) is 0 Å². The van der Waals surface area contributed by atoms with Gasteiger partial charge in [0.05, 0.1) is 17.8 Å². The van der Waals surface area contributed by atoms with Crippen LogP contribution in [0.15, 0.2) is 42.7 Å². The minimum atomic E-state index is -0.357. The van der Waals surface area contributed by atoms with E-state index in [1.165, 1.54) is 0 Å². The van der Waals surface area contributed by atoms with E-state index >= 15 is 0 Å². The number of carbonyl (C=O) groups is 1. The number of benzene rings is 1. The molecular formula is C19H21N3O2. The summed E-state index contributed by atoms with van der Waals surface area (Å²) in [6.45, 7) is 4.28. The van der Waals surface area contributed by atoms with E-state index in [1.807, 2.05) is 36.5 Å². The minimum absolute atomic E-state index is 0.348. The third-order valence-corrected chi connectivity index (χ3v) is 3.91. The number of ether oxygens (including phenoxy) is 1. The molecule has 0 saturated heterocycles. The van der Waals surface area contributed by atoms with Crippen molar-refractivity contribution in [3.05, 3.63) is 54.0 Å². The lowest BCUT2D eigenvalue weighted by molar-refractivity contribution is 0.0517. The van der Waals surface area contributed by atoms with Gasteiger partial charge in [-0.05, 0) is 44.0 Å². The lowest BCUT2D eigenvalue weighted by Crippen LogP contribution is -2.08. The van der Waals surface area contributed by atoms with E-state index in [0.717, 1.165) is 41.4 Å². The predicted molar refractivity (Wildman–Crippen MR) is 93.4 cm³/mol. The number of hydrogen-bond donors (Lipinski definition) is 0. The van der Waals surface area contributed by atoms with Crippen LogP contribution in [0.4, 0.5) is 0 Å². The van der Waals surface area contributed by atoms with Crippen molar-refractivity contribution in [2.45, 2.75) is 33.1 Å². The predicted octanol–water partition coefficient (Wildman–Crippen LogP) is 3.94. The first-order valence-corrected chi connectivity index (χ1v) is 8.33. The number of aryl methyl sites for hydroxylation is 1. The molecule has 24 heavy (non-hydrogen) atoms. The molecule has 3 aromatic rings. The van der Waals surface area contributed by atoms with E-state index in [0.29, 0.717) is 12.3 Å². The number of carbonyl (C=O) groups excluding carboxylic acids is 1. The summed E-state index contributed by atoms with van der Waals surface area (Å²) in [5, 5.41) is 5.52. The molecule has 0 radical (unpaired) electrons. The third kappa shape index (κ3) is 3.30. The highest BCUT2D eigenvalue weighted by molar-refractivity contribution is 5.89. The summed E-state index contributed by atoms with van der Waals surface area (Å²) in [5.41, 5.74) is 3.19. The monoisotopic (exact) mass is 323 g/mol. The first-order valence-electron chi connectivity index (χ1n) is 8.33. The number of nitrogens with zero attached hydrogens (tertiary/aromatic N) is 3. The highest BCUT2D eigenvalue weighted by Crippen LogP contribution is 2.19. The lowest BCUT2D eigenvalue weighted by Gasteiger charge is -2.03. The van der Waals surface area contributed by atoms with Crippen LogP contribution in [0.3, 0.4) is 0 Å². The average molecular weight is 323 g/mol. The highest BCUT2D eigenvalue weighted by Gasteiger charge is 2.18. The third-order valence-electron chi connectivity index (χ3n) is 3.91. The van der Waals surface area contributed by atoms with E-state index in [1.54, 1.807) is 17.8 Å². The Bertz CT molecular complexity index is 855. The van der Waals surface area contributed by atoms with Crippen LogP contribution in [-0.4, -0.2) is 27.3 Å². The molecule has 2 aromatic heterocycles. The van der Waals surface area contributed by atoms with Crippen molar-refractivity contribution in [1.82, 2.24) is 14.8 Å². The zero-order valence-corrected chi connectivity index (χ0v) is 14.0. The minimum Gasteiger partial charge on any atom is -0.461 e. The maximum atomic E-state index is 12.2. The van der Waals surface area contributed by atoms with Gasteiger partial charge < -0.3 is 4.74 Å². The van der Waals surface area contributed by atoms with Crippen molar-refractivity contribution in [1.29, 1.82) is 0 Å². The Morgan fingerprint density at radius 1 is 1.25 bits per heavy atom. The summed E-state index contributed by atoms with van der Waals surface area (Å²) >= 11 is 0. The molecule has 0 aliphatic carbocycles. The maximum absolute atomic E-state index is 12.2. The van der Waals surface area contributed by atoms with Crippen LogP contribution in [0.5, 0.6) is 0 Å². The van der Waals surface area contributed by atoms with Crippen molar-refractivity contribution < 1.29 is 9.53 Å². The van der Waals surface area contributed by atoms with Gasteiger partial charge in [-0.2, -0.15) is 5.10 Å².